The Hall–Kier alpha value is -3.94. The molecule has 1 aromatic heterocycles. The van der Waals surface area contributed by atoms with Gasteiger partial charge >= 0.3 is 5.82 Å². The molecule has 0 aliphatic carbocycles. The van der Waals surface area contributed by atoms with Crippen LogP contribution in [0.15, 0.2) is 72.9 Å². The molecule has 0 aliphatic rings. The average Bonchev–Trinajstić information content (AvgIpc) is 2.81. The Bertz CT molecular complexity index is 1010. The number of nitro groups is 1. The van der Waals surface area contributed by atoms with E-state index in [1.54, 1.807) is 4.90 Å². The minimum atomic E-state index is -0.640. The zero-order chi connectivity index (χ0) is 22.1. The van der Waals surface area contributed by atoms with Gasteiger partial charge in [-0.05, 0) is 52.2 Å². The van der Waals surface area contributed by atoms with E-state index in [1.807, 2.05) is 61.5 Å². The second kappa shape index (κ2) is 10.7. The van der Waals surface area contributed by atoms with Crippen molar-refractivity contribution in [3.05, 3.63) is 94.2 Å². The lowest BCUT2D eigenvalue weighted by atomic mass is 10.2. The van der Waals surface area contributed by atoms with E-state index in [4.69, 9.17) is 9.47 Å². The number of rotatable bonds is 10. The number of hydrogen-bond acceptors (Lipinski definition) is 6. The monoisotopic (exact) mass is 421 g/mol. The van der Waals surface area contributed by atoms with Crippen LogP contribution in [-0.2, 0) is 17.9 Å². The molecule has 160 valence electrons. The Kier molecular flexibility index (Phi) is 7.53. The molecule has 8 heteroatoms. The van der Waals surface area contributed by atoms with Crippen LogP contribution in [0.3, 0.4) is 0 Å². The van der Waals surface area contributed by atoms with Crippen LogP contribution in [0, 0.1) is 10.1 Å². The van der Waals surface area contributed by atoms with Gasteiger partial charge in [0.25, 0.3) is 5.91 Å². The highest BCUT2D eigenvalue weighted by Crippen LogP contribution is 2.23. The zero-order valence-corrected chi connectivity index (χ0v) is 17.1. The minimum absolute atomic E-state index is 0.0307. The number of pyridine rings is 1. The topological polar surface area (TPSA) is 94.8 Å². The molecule has 31 heavy (non-hydrogen) atoms. The number of amides is 1. The van der Waals surface area contributed by atoms with Gasteiger partial charge in [-0.2, -0.15) is 0 Å². The van der Waals surface area contributed by atoms with Crippen molar-refractivity contribution in [1.82, 2.24) is 9.88 Å². The van der Waals surface area contributed by atoms with E-state index in [2.05, 4.69) is 4.98 Å². The maximum atomic E-state index is 12.5. The fraction of sp³-hybridized carbons (Fsp3) is 0.217. The molecule has 3 rings (SSSR count). The molecule has 3 aromatic rings. The molecule has 0 fully saturated rings. The summed E-state index contributed by atoms with van der Waals surface area (Å²) in [6.45, 7) is 2.91. The first-order valence-electron chi connectivity index (χ1n) is 9.82. The lowest BCUT2D eigenvalue weighted by Crippen LogP contribution is -2.34. The number of nitrogens with zero attached hydrogens (tertiary/aromatic N) is 3. The second-order valence-corrected chi connectivity index (χ2v) is 6.70. The molecular weight excluding hydrogens is 398 g/mol. The summed E-state index contributed by atoms with van der Waals surface area (Å²) in [4.78, 5) is 28.2. The Morgan fingerprint density at radius 1 is 1.00 bits per heavy atom. The summed E-state index contributed by atoms with van der Waals surface area (Å²) >= 11 is 0. The number of hydrogen-bond donors (Lipinski definition) is 0. The summed E-state index contributed by atoms with van der Waals surface area (Å²) in [5.41, 5.74) is 2.03. The highest BCUT2D eigenvalue weighted by molar-refractivity contribution is 5.77. The second-order valence-electron chi connectivity index (χ2n) is 6.70. The van der Waals surface area contributed by atoms with Crippen LogP contribution in [0.2, 0.25) is 0 Å². The first-order valence-corrected chi connectivity index (χ1v) is 9.82. The van der Waals surface area contributed by atoms with Gasteiger partial charge in [-0.3, -0.25) is 4.79 Å². The van der Waals surface area contributed by atoms with Crippen molar-refractivity contribution in [2.45, 2.75) is 20.1 Å². The summed E-state index contributed by atoms with van der Waals surface area (Å²) in [5, 5.41) is 11.0. The lowest BCUT2D eigenvalue weighted by molar-refractivity contribution is -0.390. The molecule has 0 saturated carbocycles. The van der Waals surface area contributed by atoms with Crippen molar-refractivity contribution in [2.75, 3.05) is 13.2 Å². The van der Waals surface area contributed by atoms with Gasteiger partial charge in [-0.15, -0.1) is 0 Å². The number of carbonyl (C=O) groups is 1. The molecular formula is C23H23N3O5. The molecule has 2 aromatic carbocycles. The molecule has 0 bridgehead atoms. The number of carbonyl (C=O) groups excluding carboxylic acids is 1. The van der Waals surface area contributed by atoms with Crippen molar-refractivity contribution >= 4 is 11.7 Å². The third kappa shape index (κ3) is 6.27. The number of likely N-dealkylation sites (N-methyl/N-ethyl adjacent to an activating group) is 1. The maximum absolute atomic E-state index is 12.5. The molecule has 1 heterocycles. The standard InChI is InChI=1S/C23H23N3O5/c1-2-25(22(27)17-31-21-9-6-14-24-23(21)26(28)29)15-18-10-12-20(13-11-18)30-16-19-7-4-3-5-8-19/h3-14H,2,15-17H2,1H3. The smallest absolute Gasteiger partial charge is 0.406 e. The van der Waals surface area contributed by atoms with Crippen LogP contribution in [0.1, 0.15) is 18.1 Å². The number of benzene rings is 2. The van der Waals surface area contributed by atoms with Crippen LogP contribution >= 0.6 is 0 Å². The van der Waals surface area contributed by atoms with E-state index in [-0.39, 0.29) is 18.3 Å². The molecule has 1 amide bonds. The molecule has 0 atom stereocenters. The molecule has 0 spiro atoms. The average molecular weight is 421 g/mol. The third-order valence-electron chi connectivity index (χ3n) is 4.55. The molecule has 0 N–H and O–H groups in total. The molecule has 8 nitrogen and oxygen atoms in total. The van der Waals surface area contributed by atoms with Gasteiger partial charge in [0.2, 0.25) is 5.75 Å². The number of aromatic nitrogens is 1. The van der Waals surface area contributed by atoms with Crippen LogP contribution < -0.4 is 9.47 Å². The summed E-state index contributed by atoms with van der Waals surface area (Å²) in [7, 11) is 0. The van der Waals surface area contributed by atoms with Gasteiger partial charge in [0, 0.05) is 13.1 Å². The summed E-state index contributed by atoms with van der Waals surface area (Å²) < 4.78 is 11.1. The van der Waals surface area contributed by atoms with Crippen molar-refractivity contribution in [1.29, 1.82) is 0 Å². The molecule has 0 saturated heterocycles. The molecule has 0 unspecified atom stereocenters. The Morgan fingerprint density at radius 2 is 1.74 bits per heavy atom. The Morgan fingerprint density at radius 3 is 2.42 bits per heavy atom. The van der Waals surface area contributed by atoms with E-state index in [0.29, 0.717) is 19.7 Å². The van der Waals surface area contributed by atoms with Crippen LogP contribution in [0.5, 0.6) is 11.5 Å². The highest BCUT2D eigenvalue weighted by atomic mass is 16.6. The first-order chi connectivity index (χ1) is 15.1. The van der Waals surface area contributed by atoms with E-state index in [1.165, 1.54) is 18.3 Å². The largest absolute Gasteiger partial charge is 0.489 e. The van der Waals surface area contributed by atoms with Crippen molar-refractivity contribution < 1.29 is 19.2 Å². The number of ether oxygens (including phenoxy) is 2. The first kappa shape index (κ1) is 21.8. The summed E-state index contributed by atoms with van der Waals surface area (Å²) in [6.07, 6.45) is 1.30. The van der Waals surface area contributed by atoms with E-state index >= 15 is 0 Å². The fourth-order valence-corrected chi connectivity index (χ4v) is 2.89. The van der Waals surface area contributed by atoms with Crippen LogP contribution in [0.25, 0.3) is 0 Å². The molecule has 0 aliphatic heterocycles. The minimum Gasteiger partial charge on any atom is -0.489 e. The third-order valence-corrected chi connectivity index (χ3v) is 4.55. The SMILES string of the molecule is CCN(Cc1ccc(OCc2ccccc2)cc1)C(=O)COc1cccnc1[N+](=O)[O-]. The van der Waals surface area contributed by atoms with Gasteiger partial charge in [-0.25, -0.2) is 0 Å². The zero-order valence-electron chi connectivity index (χ0n) is 17.1. The normalized spacial score (nSPS) is 10.4. The quantitative estimate of drug-likeness (QED) is 0.363. The van der Waals surface area contributed by atoms with Gasteiger partial charge in [0.15, 0.2) is 6.61 Å². The van der Waals surface area contributed by atoms with Crippen molar-refractivity contribution in [3.8, 4) is 11.5 Å². The Balaban J connectivity index is 1.54. The van der Waals surface area contributed by atoms with Gasteiger partial charge in [0.1, 0.15) is 18.6 Å². The van der Waals surface area contributed by atoms with E-state index < -0.39 is 10.7 Å². The van der Waals surface area contributed by atoms with Crippen LogP contribution in [-0.4, -0.2) is 33.9 Å². The van der Waals surface area contributed by atoms with Gasteiger partial charge in [-0.1, -0.05) is 42.5 Å². The highest BCUT2D eigenvalue weighted by Gasteiger charge is 2.19. The predicted octanol–water partition coefficient (Wildman–Crippen LogP) is 4.00. The van der Waals surface area contributed by atoms with Gasteiger partial charge in [0.05, 0.1) is 0 Å². The molecule has 0 radical (unpaired) electrons. The fourth-order valence-electron chi connectivity index (χ4n) is 2.89. The maximum Gasteiger partial charge on any atom is 0.406 e. The lowest BCUT2D eigenvalue weighted by Gasteiger charge is -2.21. The van der Waals surface area contributed by atoms with E-state index in [0.717, 1.165) is 16.9 Å². The van der Waals surface area contributed by atoms with Crippen molar-refractivity contribution in [2.24, 2.45) is 0 Å². The van der Waals surface area contributed by atoms with Crippen LogP contribution in [0.4, 0.5) is 5.82 Å². The summed E-state index contributed by atoms with van der Waals surface area (Å²) in [6, 6.07) is 20.4. The Labute approximate surface area is 180 Å². The van der Waals surface area contributed by atoms with Gasteiger partial charge < -0.3 is 24.5 Å². The predicted molar refractivity (Wildman–Crippen MR) is 115 cm³/mol. The van der Waals surface area contributed by atoms with Crippen molar-refractivity contribution in [3.63, 3.8) is 0 Å². The van der Waals surface area contributed by atoms with E-state index in [9.17, 15) is 14.9 Å². The summed E-state index contributed by atoms with van der Waals surface area (Å²) in [5.74, 6) is 0.0283.